The van der Waals surface area contributed by atoms with Gasteiger partial charge in [0.2, 0.25) is 17.7 Å². The molecular weight excluding hydrogens is 606 g/mol. The fraction of sp³-hybridized carbons (Fsp3) is 0.471. The number of carbonyl (C=O) groups excluding carboxylic acids is 5. The van der Waals surface area contributed by atoms with E-state index in [1.54, 1.807) is 40.7 Å². The zero-order valence-electron chi connectivity index (χ0n) is 27.4. The first-order valence-electron chi connectivity index (χ1n) is 15.8. The highest BCUT2D eigenvalue weighted by molar-refractivity contribution is 6.01. The summed E-state index contributed by atoms with van der Waals surface area (Å²) in [5.74, 6) is -3.65. The lowest BCUT2D eigenvalue weighted by atomic mass is 9.99. The van der Waals surface area contributed by atoms with Gasteiger partial charge in [0, 0.05) is 13.0 Å². The van der Waals surface area contributed by atoms with Crippen LogP contribution in [0.15, 0.2) is 54.6 Å². The number of nitrogens with one attached hydrogen (secondary N) is 4. The molecule has 1 saturated heterocycles. The minimum atomic E-state index is -1.23. The highest BCUT2D eigenvalue weighted by atomic mass is 16.5. The van der Waals surface area contributed by atoms with Crippen molar-refractivity contribution in [1.82, 2.24) is 20.9 Å². The lowest BCUT2D eigenvalue weighted by Crippen LogP contribution is -2.59. The zero-order valence-corrected chi connectivity index (χ0v) is 27.4. The molecule has 5 atom stereocenters. The van der Waals surface area contributed by atoms with Crippen molar-refractivity contribution in [2.24, 2.45) is 11.8 Å². The summed E-state index contributed by atoms with van der Waals surface area (Å²) >= 11 is 0. The number of urea groups is 1. The third-order valence-corrected chi connectivity index (χ3v) is 7.98. The fourth-order valence-corrected chi connectivity index (χ4v) is 5.26. The van der Waals surface area contributed by atoms with Crippen LogP contribution in [0.25, 0.3) is 0 Å². The van der Waals surface area contributed by atoms with Crippen molar-refractivity contribution < 1.29 is 38.6 Å². The molecule has 0 unspecified atom stereocenters. The number of carboxylic acid groups (broad SMARTS) is 1. The molecule has 1 aliphatic heterocycles. The van der Waals surface area contributed by atoms with Crippen LogP contribution in [-0.2, 0) is 30.5 Å². The smallest absolute Gasteiger partial charge is 0.337 e. The number of aromatic carboxylic acids is 1. The van der Waals surface area contributed by atoms with Crippen LogP contribution in [0.5, 0.6) is 0 Å². The van der Waals surface area contributed by atoms with Gasteiger partial charge in [-0.25, -0.2) is 9.59 Å². The Kier molecular flexibility index (Phi) is 13.4. The van der Waals surface area contributed by atoms with Crippen molar-refractivity contribution in [3.05, 3.63) is 65.7 Å². The first kappa shape index (κ1) is 36.7. The summed E-state index contributed by atoms with van der Waals surface area (Å²) in [6.07, 6.45) is 0.757. The van der Waals surface area contributed by atoms with Gasteiger partial charge in [-0.1, -0.05) is 77.1 Å². The average molecular weight is 652 g/mol. The molecule has 5 N–H and O–H groups in total. The Balaban J connectivity index is 1.77. The Morgan fingerprint density at radius 2 is 1.55 bits per heavy atom. The van der Waals surface area contributed by atoms with Gasteiger partial charge in [0.1, 0.15) is 24.4 Å². The summed E-state index contributed by atoms with van der Waals surface area (Å²) in [6, 6.07) is 10.8. The van der Waals surface area contributed by atoms with E-state index in [-0.39, 0.29) is 30.8 Å². The number of hydrogen-bond donors (Lipinski definition) is 5. The van der Waals surface area contributed by atoms with E-state index in [2.05, 4.69) is 21.3 Å². The van der Waals surface area contributed by atoms with Crippen LogP contribution in [0.3, 0.4) is 0 Å². The van der Waals surface area contributed by atoms with Gasteiger partial charge in [-0.3, -0.25) is 14.4 Å². The van der Waals surface area contributed by atoms with E-state index >= 15 is 0 Å². The van der Waals surface area contributed by atoms with Crippen molar-refractivity contribution >= 4 is 41.7 Å². The molecule has 254 valence electrons. The summed E-state index contributed by atoms with van der Waals surface area (Å²) < 4.78 is 6.09. The van der Waals surface area contributed by atoms with Crippen LogP contribution >= 0.6 is 0 Å². The van der Waals surface area contributed by atoms with Crippen molar-refractivity contribution in [3.8, 4) is 0 Å². The molecule has 0 aromatic heterocycles. The minimum absolute atomic E-state index is 0.0536. The molecule has 0 bridgehead atoms. The molecule has 13 heteroatoms. The second-order valence-electron chi connectivity index (χ2n) is 12.2. The second kappa shape index (κ2) is 17.2. The number of amides is 5. The molecule has 47 heavy (non-hydrogen) atoms. The molecule has 2 aromatic rings. The quantitative estimate of drug-likeness (QED) is 0.182. The van der Waals surface area contributed by atoms with Crippen LogP contribution in [0.4, 0.5) is 10.5 Å². The molecule has 0 radical (unpaired) electrons. The van der Waals surface area contributed by atoms with Crippen LogP contribution in [0.2, 0.25) is 0 Å². The summed E-state index contributed by atoms with van der Waals surface area (Å²) in [6.45, 7) is 9.08. The summed E-state index contributed by atoms with van der Waals surface area (Å²) in [5, 5.41) is 20.0. The van der Waals surface area contributed by atoms with E-state index in [4.69, 9.17) is 4.74 Å². The number of aldehydes is 1. The van der Waals surface area contributed by atoms with Crippen molar-refractivity contribution in [2.45, 2.75) is 84.3 Å². The predicted molar refractivity (Wildman–Crippen MR) is 174 cm³/mol. The number of benzene rings is 2. The van der Waals surface area contributed by atoms with Gasteiger partial charge in [-0.15, -0.1) is 0 Å². The first-order valence-corrected chi connectivity index (χ1v) is 15.8. The number of carboxylic acids is 1. The number of carbonyl (C=O) groups is 6. The maximum absolute atomic E-state index is 14.1. The van der Waals surface area contributed by atoms with E-state index in [1.807, 2.05) is 30.3 Å². The van der Waals surface area contributed by atoms with Crippen LogP contribution in [0.1, 0.15) is 63.4 Å². The maximum Gasteiger partial charge on any atom is 0.337 e. The molecule has 1 heterocycles. The van der Waals surface area contributed by atoms with Gasteiger partial charge < -0.3 is 40.8 Å². The Morgan fingerprint density at radius 1 is 0.915 bits per heavy atom. The topological polar surface area (TPSA) is 183 Å². The van der Waals surface area contributed by atoms with Gasteiger partial charge in [-0.05, 0) is 36.0 Å². The number of para-hydroxylation sites is 1. The Morgan fingerprint density at radius 3 is 2.15 bits per heavy atom. The Hall–Kier alpha value is -4.78. The Bertz CT molecular complexity index is 1420. The van der Waals surface area contributed by atoms with Crippen LogP contribution in [0, 0.1) is 11.8 Å². The number of nitrogens with zero attached hydrogens (tertiary/aromatic N) is 1. The van der Waals surface area contributed by atoms with Gasteiger partial charge in [0.15, 0.2) is 0 Å². The van der Waals surface area contributed by atoms with Crippen LogP contribution < -0.4 is 21.3 Å². The molecule has 13 nitrogen and oxygen atoms in total. The molecule has 0 saturated carbocycles. The molecule has 0 spiro atoms. The monoisotopic (exact) mass is 651 g/mol. The number of ether oxygens (including phenoxy) is 1. The van der Waals surface area contributed by atoms with Crippen LogP contribution in [-0.4, -0.2) is 82.8 Å². The number of rotatable bonds is 15. The molecule has 2 aromatic carbocycles. The Labute approximate surface area is 274 Å². The van der Waals surface area contributed by atoms with Gasteiger partial charge in [-0.2, -0.15) is 0 Å². The number of hydrogen-bond acceptors (Lipinski definition) is 7. The molecule has 1 fully saturated rings. The summed E-state index contributed by atoms with van der Waals surface area (Å²) in [4.78, 5) is 78.3. The standard InChI is InChI=1S/C34H45N5O8/c1-6-23(18-40)35-30(41)27-16-24(47-19-22-12-8-7-9-13-22)17-39(27)32(43)29(21(4)5)37-31(42)28(20(2)3)38-34(46)36-26-15-11-10-14-25(26)33(44)45/h7-15,18,20-21,23-24,27-29H,6,16-17,19H2,1-5H3,(H,35,41)(H,37,42)(H,44,45)(H2,36,38,46)/t23-,24+,27-,28-,29-/m0/s1. The zero-order chi connectivity index (χ0) is 34.7. The van der Waals surface area contributed by atoms with Crippen molar-refractivity contribution in [1.29, 1.82) is 0 Å². The fourth-order valence-electron chi connectivity index (χ4n) is 5.26. The normalized spacial score (nSPS) is 17.8. The van der Waals surface area contributed by atoms with E-state index in [9.17, 15) is 33.9 Å². The SMILES string of the molecule is CC[C@@H](C=O)NC(=O)[C@@H]1C[C@@H](OCc2ccccc2)CN1C(=O)[C@@H](NC(=O)[C@@H](NC(=O)Nc1ccccc1C(=O)O)C(C)C)C(C)C. The third kappa shape index (κ3) is 10.1. The van der Waals surface area contributed by atoms with E-state index in [0.29, 0.717) is 12.7 Å². The molecule has 0 aliphatic carbocycles. The molecular formula is C34H45N5O8. The van der Waals surface area contributed by atoms with Crippen molar-refractivity contribution in [3.63, 3.8) is 0 Å². The lowest BCUT2D eigenvalue weighted by molar-refractivity contribution is -0.143. The lowest BCUT2D eigenvalue weighted by Gasteiger charge is -2.32. The summed E-state index contributed by atoms with van der Waals surface area (Å²) in [5.41, 5.74) is 0.866. The van der Waals surface area contributed by atoms with E-state index in [1.165, 1.54) is 23.1 Å². The largest absolute Gasteiger partial charge is 0.478 e. The highest BCUT2D eigenvalue weighted by Crippen LogP contribution is 2.25. The first-order chi connectivity index (χ1) is 22.4. The van der Waals surface area contributed by atoms with E-state index < -0.39 is 71.8 Å². The van der Waals surface area contributed by atoms with Gasteiger partial charge in [0.25, 0.3) is 0 Å². The van der Waals surface area contributed by atoms with Gasteiger partial charge >= 0.3 is 12.0 Å². The average Bonchev–Trinajstić information content (AvgIpc) is 3.48. The molecule has 3 rings (SSSR count). The van der Waals surface area contributed by atoms with Crippen molar-refractivity contribution in [2.75, 3.05) is 11.9 Å². The number of likely N-dealkylation sites (tertiary alicyclic amines) is 1. The second-order valence-corrected chi connectivity index (χ2v) is 12.2. The highest BCUT2D eigenvalue weighted by Gasteiger charge is 2.44. The minimum Gasteiger partial charge on any atom is -0.478 e. The van der Waals surface area contributed by atoms with E-state index in [0.717, 1.165) is 5.56 Å². The maximum atomic E-state index is 14.1. The number of anilines is 1. The molecule has 1 aliphatic rings. The van der Waals surface area contributed by atoms with Gasteiger partial charge in [0.05, 0.1) is 30.0 Å². The predicted octanol–water partition coefficient (Wildman–Crippen LogP) is 2.95. The summed E-state index contributed by atoms with van der Waals surface area (Å²) in [7, 11) is 0. The third-order valence-electron chi connectivity index (χ3n) is 7.98. The molecule has 5 amide bonds.